The van der Waals surface area contributed by atoms with Crippen molar-refractivity contribution in [2.45, 2.75) is 12.5 Å². The van der Waals surface area contributed by atoms with Crippen LogP contribution in [0, 0.1) is 5.82 Å². The van der Waals surface area contributed by atoms with Crippen LogP contribution < -0.4 is 9.47 Å². The number of benzene rings is 2. The van der Waals surface area contributed by atoms with Crippen LogP contribution in [0.5, 0.6) is 11.5 Å². The van der Waals surface area contributed by atoms with Gasteiger partial charge >= 0.3 is 5.97 Å². The number of nitrogens with zero attached hydrogens (tertiary/aromatic N) is 1. The van der Waals surface area contributed by atoms with Crippen molar-refractivity contribution in [1.29, 1.82) is 0 Å². The van der Waals surface area contributed by atoms with Crippen molar-refractivity contribution in [3.05, 3.63) is 41.7 Å². The van der Waals surface area contributed by atoms with E-state index in [1.54, 1.807) is 24.3 Å². The molecule has 2 heterocycles. The van der Waals surface area contributed by atoms with Crippen LogP contribution in [0.25, 0.3) is 22.2 Å². The topological polar surface area (TPSA) is 81.8 Å². The van der Waals surface area contributed by atoms with E-state index >= 15 is 0 Å². The van der Waals surface area contributed by atoms with Crippen LogP contribution in [0.2, 0.25) is 0 Å². The van der Waals surface area contributed by atoms with Gasteiger partial charge in [0.2, 0.25) is 11.3 Å². The second-order valence-corrected chi connectivity index (χ2v) is 5.43. The molecule has 0 spiro atoms. The lowest BCUT2D eigenvalue weighted by Crippen LogP contribution is -2.24. The first-order chi connectivity index (χ1) is 11.6. The highest BCUT2D eigenvalue weighted by molar-refractivity contribution is 5.97. The van der Waals surface area contributed by atoms with Gasteiger partial charge in [-0.1, -0.05) is 17.3 Å². The minimum Gasteiger partial charge on any atom is -0.490 e. The van der Waals surface area contributed by atoms with Gasteiger partial charge in [-0.05, 0) is 18.2 Å². The number of carboxylic acids is 1. The number of halogens is 1. The highest BCUT2D eigenvalue weighted by Crippen LogP contribution is 2.46. The predicted octanol–water partition coefficient (Wildman–Crippen LogP) is 3.03. The second-order valence-electron chi connectivity index (χ2n) is 5.43. The zero-order chi connectivity index (χ0) is 16.8. The lowest BCUT2D eigenvalue weighted by Gasteiger charge is -2.08. The predicted molar refractivity (Wildman–Crippen MR) is 81.7 cm³/mol. The van der Waals surface area contributed by atoms with E-state index in [0.717, 1.165) is 0 Å². The fraction of sp³-hybridized carbons (Fsp3) is 0.176. The number of hydrogen-bond acceptors (Lipinski definition) is 5. The molecule has 1 aromatic heterocycles. The van der Waals surface area contributed by atoms with Crippen molar-refractivity contribution in [2.75, 3.05) is 7.11 Å². The molecule has 0 saturated heterocycles. The maximum absolute atomic E-state index is 14.1. The summed E-state index contributed by atoms with van der Waals surface area (Å²) in [5.41, 5.74) is 1.59. The quantitative estimate of drug-likeness (QED) is 0.795. The van der Waals surface area contributed by atoms with Gasteiger partial charge in [0.25, 0.3) is 0 Å². The largest absolute Gasteiger partial charge is 0.490 e. The Balaban J connectivity index is 1.95. The third-order valence-corrected chi connectivity index (χ3v) is 4.02. The summed E-state index contributed by atoms with van der Waals surface area (Å²) in [5, 5.41) is 13.7. The maximum Gasteiger partial charge on any atom is 0.345 e. The summed E-state index contributed by atoms with van der Waals surface area (Å²) in [6.45, 7) is 0. The molecule has 122 valence electrons. The molecule has 4 rings (SSSR count). The third-order valence-electron chi connectivity index (χ3n) is 4.02. The minimum absolute atomic E-state index is 0.193. The maximum atomic E-state index is 14.1. The molecule has 24 heavy (non-hydrogen) atoms. The third kappa shape index (κ3) is 2.01. The number of ether oxygens (including phenoxy) is 2. The van der Waals surface area contributed by atoms with E-state index in [4.69, 9.17) is 19.1 Å². The van der Waals surface area contributed by atoms with Gasteiger partial charge < -0.3 is 19.1 Å². The summed E-state index contributed by atoms with van der Waals surface area (Å²) >= 11 is 0. The Morgan fingerprint density at radius 3 is 2.92 bits per heavy atom. The Hall–Kier alpha value is -3.09. The Morgan fingerprint density at radius 2 is 2.21 bits per heavy atom. The van der Waals surface area contributed by atoms with Crippen LogP contribution >= 0.6 is 0 Å². The number of aliphatic carboxylic acids is 1. The van der Waals surface area contributed by atoms with Crippen molar-refractivity contribution >= 4 is 16.9 Å². The Bertz CT molecular complexity index is 965. The molecule has 2 aromatic carbocycles. The normalized spacial score (nSPS) is 16.0. The number of aromatic nitrogens is 1. The Morgan fingerprint density at radius 1 is 1.42 bits per heavy atom. The molecule has 1 unspecified atom stereocenters. The monoisotopic (exact) mass is 329 g/mol. The smallest absolute Gasteiger partial charge is 0.345 e. The average molecular weight is 329 g/mol. The van der Waals surface area contributed by atoms with Crippen molar-refractivity contribution in [3.8, 4) is 22.8 Å². The molecule has 0 fully saturated rings. The Kier molecular flexibility index (Phi) is 3.16. The lowest BCUT2D eigenvalue weighted by atomic mass is 10.0. The van der Waals surface area contributed by atoms with Crippen LogP contribution in [0.1, 0.15) is 5.56 Å². The number of carbonyl (C=O) groups is 1. The first-order valence-electron chi connectivity index (χ1n) is 7.23. The zero-order valence-corrected chi connectivity index (χ0v) is 12.6. The summed E-state index contributed by atoms with van der Waals surface area (Å²) < 4.78 is 30.2. The van der Waals surface area contributed by atoms with E-state index in [0.29, 0.717) is 33.5 Å². The minimum atomic E-state index is -1.06. The lowest BCUT2D eigenvalue weighted by molar-refractivity contribution is -0.144. The molecule has 1 N–H and O–H groups in total. The van der Waals surface area contributed by atoms with Crippen molar-refractivity contribution in [1.82, 2.24) is 5.16 Å². The summed E-state index contributed by atoms with van der Waals surface area (Å²) in [6.07, 6.45) is -0.788. The van der Waals surface area contributed by atoms with E-state index in [2.05, 4.69) is 5.16 Å². The number of methoxy groups -OCH3 is 1. The van der Waals surface area contributed by atoms with E-state index in [1.165, 1.54) is 13.2 Å². The molecular weight excluding hydrogens is 317 g/mol. The number of carboxylic acid groups (broad SMARTS) is 1. The van der Waals surface area contributed by atoms with E-state index in [1.807, 2.05) is 0 Å². The molecule has 1 aliphatic heterocycles. The van der Waals surface area contributed by atoms with Crippen LogP contribution in [0.4, 0.5) is 4.39 Å². The van der Waals surface area contributed by atoms with Crippen LogP contribution in [0.15, 0.2) is 34.9 Å². The standard InChI is InChI=1S/C17H12FNO5/c1-22-16-14-8(7-12(23-14)17(20)21)6-10-13(19-24-15(10)16)9-4-2-3-5-11(9)18/h2-6,12H,7H2,1H3,(H,20,21). The van der Waals surface area contributed by atoms with E-state index in [9.17, 15) is 9.18 Å². The Labute approximate surface area is 135 Å². The number of fused-ring (bicyclic) bond motifs is 2. The van der Waals surface area contributed by atoms with Crippen LogP contribution in [0.3, 0.4) is 0 Å². The van der Waals surface area contributed by atoms with Gasteiger partial charge in [0.05, 0.1) is 12.5 Å². The molecule has 0 saturated carbocycles. The van der Waals surface area contributed by atoms with Crippen molar-refractivity contribution in [2.24, 2.45) is 0 Å². The van der Waals surface area contributed by atoms with Crippen molar-refractivity contribution in [3.63, 3.8) is 0 Å². The van der Waals surface area contributed by atoms with E-state index in [-0.39, 0.29) is 12.2 Å². The molecule has 1 atom stereocenters. The van der Waals surface area contributed by atoms with Crippen LogP contribution in [-0.2, 0) is 11.2 Å². The molecule has 6 nitrogen and oxygen atoms in total. The van der Waals surface area contributed by atoms with Gasteiger partial charge in [-0.3, -0.25) is 0 Å². The van der Waals surface area contributed by atoms with Gasteiger partial charge in [0, 0.05) is 17.5 Å². The van der Waals surface area contributed by atoms with Gasteiger partial charge in [0.15, 0.2) is 11.9 Å². The average Bonchev–Trinajstić information content (AvgIpc) is 3.17. The second kappa shape index (κ2) is 5.23. The molecule has 1 aliphatic rings. The molecule has 0 bridgehead atoms. The van der Waals surface area contributed by atoms with Crippen LogP contribution in [-0.4, -0.2) is 29.4 Å². The first kappa shape index (κ1) is 14.5. The SMILES string of the molecule is COc1c2c(cc3c(-c4ccccc4F)noc13)CC(C(=O)O)O2. The van der Waals surface area contributed by atoms with Gasteiger partial charge in [-0.15, -0.1) is 0 Å². The van der Waals surface area contributed by atoms with Crippen molar-refractivity contribution < 1.29 is 28.3 Å². The molecule has 0 amide bonds. The molecule has 3 aromatic rings. The molecular formula is C17H12FNO5. The fourth-order valence-electron chi connectivity index (χ4n) is 2.92. The summed E-state index contributed by atoms with van der Waals surface area (Å²) in [5.74, 6) is -0.890. The van der Waals surface area contributed by atoms with Gasteiger partial charge in [0.1, 0.15) is 11.5 Å². The molecule has 7 heteroatoms. The van der Waals surface area contributed by atoms with E-state index < -0.39 is 17.9 Å². The van der Waals surface area contributed by atoms with Gasteiger partial charge in [-0.25, -0.2) is 9.18 Å². The van der Waals surface area contributed by atoms with Gasteiger partial charge in [-0.2, -0.15) is 0 Å². The highest BCUT2D eigenvalue weighted by Gasteiger charge is 2.34. The zero-order valence-electron chi connectivity index (χ0n) is 12.6. The summed E-state index contributed by atoms with van der Waals surface area (Å²) in [7, 11) is 1.43. The summed E-state index contributed by atoms with van der Waals surface area (Å²) in [6, 6.07) is 7.94. The first-order valence-corrected chi connectivity index (χ1v) is 7.23. The summed E-state index contributed by atoms with van der Waals surface area (Å²) in [4.78, 5) is 11.2. The number of hydrogen-bond donors (Lipinski definition) is 1. The molecule has 0 aliphatic carbocycles. The highest BCUT2D eigenvalue weighted by atomic mass is 19.1. The number of rotatable bonds is 3. The molecule has 0 radical (unpaired) electrons. The fourth-order valence-corrected chi connectivity index (χ4v) is 2.92.